The number of hydrogen-bond donors (Lipinski definition) is 0. The van der Waals surface area contributed by atoms with E-state index in [1.165, 1.54) is 23.5 Å². The first-order valence-corrected chi connectivity index (χ1v) is 9.98. The summed E-state index contributed by atoms with van der Waals surface area (Å²) in [6.45, 7) is 3.35. The number of aromatic nitrogens is 3. The SMILES string of the molecule is CCn1cnc2c(c1=O)CCN(C(=O)Cc1nc(-c3ccc(F)cc3)cs1)C2. The van der Waals surface area contributed by atoms with Gasteiger partial charge in [-0.15, -0.1) is 11.3 Å². The summed E-state index contributed by atoms with van der Waals surface area (Å²) in [5, 5.41) is 2.58. The van der Waals surface area contributed by atoms with Crippen molar-refractivity contribution in [2.24, 2.45) is 0 Å². The van der Waals surface area contributed by atoms with E-state index in [2.05, 4.69) is 9.97 Å². The molecule has 1 aliphatic rings. The molecule has 0 fully saturated rings. The fraction of sp³-hybridized carbons (Fsp3) is 0.300. The van der Waals surface area contributed by atoms with E-state index < -0.39 is 0 Å². The molecule has 2 aromatic heterocycles. The molecule has 144 valence electrons. The molecule has 1 aliphatic heterocycles. The van der Waals surface area contributed by atoms with Gasteiger partial charge in [-0.25, -0.2) is 14.4 Å². The second-order valence-electron chi connectivity index (χ2n) is 6.64. The number of halogens is 1. The van der Waals surface area contributed by atoms with Gasteiger partial charge in [0.05, 0.1) is 30.7 Å². The van der Waals surface area contributed by atoms with E-state index in [9.17, 15) is 14.0 Å². The smallest absolute Gasteiger partial charge is 0.256 e. The van der Waals surface area contributed by atoms with E-state index in [0.717, 1.165) is 11.3 Å². The van der Waals surface area contributed by atoms with E-state index in [4.69, 9.17) is 0 Å². The van der Waals surface area contributed by atoms with Crippen LogP contribution in [-0.2, 0) is 30.7 Å². The van der Waals surface area contributed by atoms with E-state index >= 15 is 0 Å². The maximum atomic E-state index is 13.1. The van der Waals surface area contributed by atoms with Gasteiger partial charge in [-0.3, -0.25) is 14.2 Å². The van der Waals surface area contributed by atoms with Crippen molar-refractivity contribution < 1.29 is 9.18 Å². The van der Waals surface area contributed by atoms with Crippen LogP contribution in [0.1, 0.15) is 23.2 Å². The van der Waals surface area contributed by atoms with Crippen LogP contribution in [0.3, 0.4) is 0 Å². The Labute approximate surface area is 165 Å². The number of amides is 1. The van der Waals surface area contributed by atoms with Gasteiger partial charge in [-0.05, 0) is 37.6 Å². The largest absolute Gasteiger partial charge is 0.336 e. The summed E-state index contributed by atoms with van der Waals surface area (Å²) in [5.41, 5.74) is 2.93. The van der Waals surface area contributed by atoms with Crippen LogP contribution in [0.15, 0.2) is 40.8 Å². The van der Waals surface area contributed by atoms with Gasteiger partial charge in [0.1, 0.15) is 10.8 Å². The summed E-state index contributed by atoms with van der Waals surface area (Å²) >= 11 is 1.41. The second kappa shape index (κ2) is 7.63. The fourth-order valence-electron chi connectivity index (χ4n) is 3.29. The maximum absolute atomic E-state index is 13.1. The number of hydrogen-bond acceptors (Lipinski definition) is 5. The molecule has 6 nitrogen and oxygen atoms in total. The van der Waals surface area contributed by atoms with Crippen molar-refractivity contribution >= 4 is 17.2 Å². The van der Waals surface area contributed by atoms with Crippen molar-refractivity contribution in [1.82, 2.24) is 19.4 Å². The zero-order valence-corrected chi connectivity index (χ0v) is 16.2. The van der Waals surface area contributed by atoms with E-state index in [-0.39, 0.29) is 23.7 Å². The van der Waals surface area contributed by atoms with Crippen LogP contribution in [0, 0.1) is 5.82 Å². The third-order valence-electron chi connectivity index (χ3n) is 4.88. The number of aryl methyl sites for hydroxylation is 1. The van der Waals surface area contributed by atoms with Crippen LogP contribution >= 0.6 is 11.3 Å². The predicted octanol–water partition coefficient (Wildman–Crippen LogP) is 2.65. The molecule has 8 heteroatoms. The predicted molar refractivity (Wildman–Crippen MR) is 105 cm³/mol. The van der Waals surface area contributed by atoms with Gasteiger partial charge < -0.3 is 4.90 Å². The summed E-state index contributed by atoms with van der Waals surface area (Å²) in [6.07, 6.45) is 2.27. The highest BCUT2D eigenvalue weighted by molar-refractivity contribution is 7.10. The lowest BCUT2D eigenvalue weighted by atomic mass is 10.1. The minimum absolute atomic E-state index is 0.0107. The lowest BCUT2D eigenvalue weighted by Crippen LogP contribution is -2.40. The molecule has 0 saturated carbocycles. The molecule has 0 atom stereocenters. The van der Waals surface area contributed by atoms with Gasteiger partial charge in [-0.2, -0.15) is 0 Å². The third-order valence-corrected chi connectivity index (χ3v) is 5.73. The highest BCUT2D eigenvalue weighted by atomic mass is 32.1. The molecule has 0 aliphatic carbocycles. The molecule has 0 spiro atoms. The van der Waals surface area contributed by atoms with Gasteiger partial charge in [0.2, 0.25) is 5.91 Å². The lowest BCUT2D eigenvalue weighted by molar-refractivity contribution is -0.131. The first-order chi connectivity index (χ1) is 13.5. The van der Waals surface area contributed by atoms with E-state index in [0.29, 0.717) is 42.3 Å². The minimum Gasteiger partial charge on any atom is -0.336 e. The molecule has 0 N–H and O–H groups in total. The van der Waals surface area contributed by atoms with Crippen LogP contribution in [0.4, 0.5) is 4.39 Å². The molecule has 0 radical (unpaired) electrons. The zero-order chi connectivity index (χ0) is 19.7. The first kappa shape index (κ1) is 18.5. The van der Waals surface area contributed by atoms with Gasteiger partial charge in [-0.1, -0.05) is 0 Å². The highest BCUT2D eigenvalue weighted by Crippen LogP contribution is 2.23. The van der Waals surface area contributed by atoms with Crippen LogP contribution < -0.4 is 5.56 Å². The summed E-state index contributed by atoms with van der Waals surface area (Å²) < 4.78 is 14.7. The Kier molecular flexibility index (Phi) is 5.04. The summed E-state index contributed by atoms with van der Waals surface area (Å²) in [4.78, 5) is 35.7. The van der Waals surface area contributed by atoms with Crippen LogP contribution in [-0.4, -0.2) is 31.9 Å². The Balaban J connectivity index is 1.46. The van der Waals surface area contributed by atoms with E-state index in [1.807, 2.05) is 12.3 Å². The number of carbonyl (C=O) groups excluding carboxylic acids is 1. The normalized spacial score (nSPS) is 13.4. The molecule has 0 unspecified atom stereocenters. The van der Waals surface area contributed by atoms with Crippen LogP contribution in [0.25, 0.3) is 11.3 Å². The number of rotatable bonds is 4. The zero-order valence-electron chi connectivity index (χ0n) is 15.4. The lowest BCUT2D eigenvalue weighted by Gasteiger charge is -2.27. The standard InChI is InChI=1S/C20H19FN4O2S/c1-2-24-12-22-16-10-25(8-7-15(16)20(24)27)19(26)9-18-23-17(11-28-18)13-3-5-14(21)6-4-13/h3-6,11-12H,2,7-10H2,1H3. The molecule has 1 aromatic carbocycles. The van der Waals surface area contributed by atoms with Crippen molar-refractivity contribution in [2.75, 3.05) is 6.54 Å². The number of benzene rings is 1. The van der Waals surface area contributed by atoms with Gasteiger partial charge in [0, 0.05) is 29.6 Å². The number of nitrogens with zero attached hydrogens (tertiary/aromatic N) is 4. The summed E-state index contributed by atoms with van der Waals surface area (Å²) in [6, 6.07) is 6.13. The van der Waals surface area contributed by atoms with Crippen LogP contribution in [0.2, 0.25) is 0 Å². The summed E-state index contributed by atoms with van der Waals surface area (Å²) in [5.74, 6) is -0.328. The minimum atomic E-state index is -0.293. The average molecular weight is 398 g/mol. The molecule has 28 heavy (non-hydrogen) atoms. The molecule has 3 heterocycles. The molecule has 0 bridgehead atoms. The molecular formula is C20H19FN4O2S. The number of thiazole rings is 1. The van der Waals surface area contributed by atoms with Crippen molar-refractivity contribution in [3.05, 3.63) is 68.4 Å². The summed E-state index contributed by atoms with van der Waals surface area (Å²) in [7, 11) is 0. The van der Waals surface area contributed by atoms with E-state index in [1.54, 1.807) is 27.9 Å². The Morgan fingerprint density at radius 2 is 2.07 bits per heavy atom. The van der Waals surface area contributed by atoms with Gasteiger partial charge in [0.25, 0.3) is 5.56 Å². The van der Waals surface area contributed by atoms with Crippen LogP contribution in [0.5, 0.6) is 0 Å². The van der Waals surface area contributed by atoms with Gasteiger partial charge >= 0.3 is 0 Å². The fourth-order valence-corrected chi connectivity index (χ4v) is 4.08. The van der Waals surface area contributed by atoms with Crippen molar-refractivity contribution in [1.29, 1.82) is 0 Å². The van der Waals surface area contributed by atoms with Gasteiger partial charge in [0.15, 0.2) is 0 Å². The van der Waals surface area contributed by atoms with Crippen molar-refractivity contribution in [3.63, 3.8) is 0 Å². The van der Waals surface area contributed by atoms with Crippen molar-refractivity contribution in [2.45, 2.75) is 32.9 Å². The molecule has 1 amide bonds. The number of carbonyl (C=O) groups is 1. The molecule has 4 rings (SSSR count). The molecule has 3 aromatic rings. The average Bonchev–Trinajstić information content (AvgIpc) is 3.17. The Hall–Kier alpha value is -2.87. The topological polar surface area (TPSA) is 68.1 Å². The second-order valence-corrected chi connectivity index (χ2v) is 7.58. The Morgan fingerprint density at radius 3 is 2.82 bits per heavy atom. The Morgan fingerprint density at radius 1 is 1.29 bits per heavy atom. The first-order valence-electron chi connectivity index (χ1n) is 9.10. The highest BCUT2D eigenvalue weighted by Gasteiger charge is 2.25. The van der Waals surface area contributed by atoms with Crippen molar-refractivity contribution in [3.8, 4) is 11.3 Å². The molecule has 0 saturated heterocycles. The third kappa shape index (κ3) is 3.60. The Bertz CT molecular complexity index is 1070. The monoisotopic (exact) mass is 398 g/mol. The quantitative estimate of drug-likeness (QED) is 0.678. The number of fused-ring (bicyclic) bond motifs is 1. The maximum Gasteiger partial charge on any atom is 0.256 e. The molecular weight excluding hydrogens is 379 g/mol.